The number of hydrogen-bond acceptors (Lipinski definition) is 6. The van der Waals surface area contributed by atoms with Crippen LogP contribution in [0.1, 0.15) is 19.8 Å². The van der Waals surface area contributed by atoms with E-state index in [4.69, 9.17) is 9.47 Å². The van der Waals surface area contributed by atoms with Crippen LogP contribution in [0.15, 0.2) is 42.9 Å². The highest BCUT2D eigenvalue weighted by Gasteiger charge is 2.16. The Hall–Kier alpha value is -2.60. The minimum atomic E-state index is 0.575. The van der Waals surface area contributed by atoms with Gasteiger partial charge < -0.3 is 20.1 Å². The highest BCUT2D eigenvalue weighted by atomic mass is 16.5. The molecule has 0 spiro atoms. The lowest BCUT2D eigenvalue weighted by molar-refractivity contribution is 0.208. The van der Waals surface area contributed by atoms with Crippen LogP contribution in [0, 0.1) is 5.92 Å². The molecule has 0 atom stereocenters. The van der Waals surface area contributed by atoms with Crippen molar-refractivity contribution < 1.29 is 9.47 Å². The summed E-state index contributed by atoms with van der Waals surface area (Å²) in [4.78, 5) is 8.74. The first-order valence-corrected chi connectivity index (χ1v) is 8.94. The van der Waals surface area contributed by atoms with E-state index in [0.717, 1.165) is 54.1 Å². The van der Waals surface area contributed by atoms with E-state index < -0.39 is 0 Å². The SMILES string of the molecule is C=C/C=C(\C)Nc1ncnc2cc(OCC3CCNCC3)c(OC)cc12. The molecular formula is C20H26N4O2. The number of aromatic nitrogens is 2. The topological polar surface area (TPSA) is 68.3 Å². The molecule has 3 rings (SSSR count). The van der Waals surface area contributed by atoms with Crippen LogP contribution in [0.25, 0.3) is 10.9 Å². The number of anilines is 1. The van der Waals surface area contributed by atoms with Crippen molar-refractivity contribution in [3.8, 4) is 11.5 Å². The summed E-state index contributed by atoms with van der Waals surface area (Å²) in [5.41, 5.74) is 1.76. The van der Waals surface area contributed by atoms with Gasteiger partial charge in [0.25, 0.3) is 0 Å². The molecule has 1 aliphatic heterocycles. The van der Waals surface area contributed by atoms with E-state index in [-0.39, 0.29) is 0 Å². The van der Waals surface area contributed by atoms with E-state index in [1.54, 1.807) is 19.5 Å². The fourth-order valence-corrected chi connectivity index (χ4v) is 3.10. The molecule has 2 N–H and O–H groups in total. The third-order valence-corrected chi connectivity index (χ3v) is 4.54. The zero-order valence-electron chi connectivity index (χ0n) is 15.4. The van der Waals surface area contributed by atoms with Crippen LogP contribution in [-0.2, 0) is 0 Å². The first kappa shape index (κ1) is 18.2. The van der Waals surface area contributed by atoms with Gasteiger partial charge in [-0.3, -0.25) is 0 Å². The maximum atomic E-state index is 6.08. The summed E-state index contributed by atoms with van der Waals surface area (Å²) in [5.74, 6) is 2.72. The van der Waals surface area contributed by atoms with Crippen LogP contribution in [0.2, 0.25) is 0 Å². The predicted octanol–water partition coefficient (Wildman–Crippen LogP) is 3.52. The van der Waals surface area contributed by atoms with Crippen LogP contribution < -0.4 is 20.1 Å². The van der Waals surface area contributed by atoms with Crippen molar-refractivity contribution in [2.75, 3.05) is 32.1 Å². The Morgan fingerprint density at radius 3 is 2.85 bits per heavy atom. The van der Waals surface area contributed by atoms with Crippen molar-refractivity contribution in [2.24, 2.45) is 5.92 Å². The number of nitrogens with zero attached hydrogens (tertiary/aromatic N) is 2. The number of methoxy groups -OCH3 is 1. The molecular weight excluding hydrogens is 328 g/mol. The zero-order chi connectivity index (χ0) is 18.4. The quantitative estimate of drug-likeness (QED) is 0.742. The second-order valence-electron chi connectivity index (χ2n) is 6.46. The summed E-state index contributed by atoms with van der Waals surface area (Å²) in [7, 11) is 1.65. The fourth-order valence-electron chi connectivity index (χ4n) is 3.10. The molecule has 2 aromatic rings. The molecule has 1 aromatic carbocycles. The molecule has 0 saturated carbocycles. The van der Waals surface area contributed by atoms with Gasteiger partial charge in [-0.05, 0) is 50.9 Å². The number of rotatable bonds is 7. The van der Waals surface area contributed by atoms with Gasteiger partial charge in [0.05, 0.1) is 19.2 Å². The van der Waals surface area contributed by atoms with E-state index in [1.807, 2.05) is 25.1 Å². The number of hydrogen-bond donors (Lipinski definition) is 2. The van der Waals surface area contributed by atoms with E-state index >= 15 is 0 Å². The molecule has 26 heavy (non-hydrogen) atoms. The molecule has 1 aliphatic rings. The fraction of sp³-hybridized carbons (Fsp3) is 0.400. The van der Waals surface area contributed by atoms with Gasteiger partial charge >= 0.3 is 0 Å². The number of benzene rings is 1. The number of fused-ring (bicyclic) bond motifs is 1. The van der Waals surface area contributed by atoms with Gasteiger partial charge in [0.15, 0.2) is 11.5 Å². The van der Waals surface area contributed by atoms with Gasteiger partial charge in [0.1, 0.15) is 12.1 Å². The number of ether oxygens (including phenoxy) is 2. The minimum Gasteiger partial charge on any atom is -0.493 e. The normalized spacial score (nSPS) is 15.7. The monoisotopic (exact) mass is 354 g/mol. The minimum absolute atomic E-state index is 0.575. The number of allylic oxidation sites excluding steroid dienone is 3. The second kappa shape index (κ2) is 8.67. The second-order valence-corrected chi connectivity index (χ2v) is 6.46. The summed E-state index contributed by atoms with van der Waals surface area (Å²) in [6, 6.07) is 3.85. The van der Waals surface area contributed by atoms with Gasteiger partial charge in [-0.1, -0.05) is 12.7 Å². The van der Waals surface area contributed by atoms with Crippen molar-refractivity contribution in [3.63, 3.8) is 0 Å². The van der Waals surface area contributed by atoms with Crippen LogP contribution in [0.5, 0.6) is 11.5 Å². The predicted molar refractivity (Wildman–Crippen MR) is 105 cm³/mol. The van der Waals surface area contributed by atoms with Crippen molar-refractivity contribution in [1.82, 2.24) is 15.3 Å². The Kier molecular flexibility index (Phi) is 6.07. The molecule has 0 radical (unpaired) electrons. The molecule has 138 valence electrons. The Labute approximate surface area is 154 Å². The highest BCUT2D eigenvalue weighted by Crippen LogP contribution is 2.34. The third-order valence-electron chi connectivity index (χ3n) is 4.54. The van der Waals surface area contributed by atoms with E-state index in [9.17, 15) is 0 Å². The largest absolute Gasteiger partial charge is 0.493 e. The highest BCUT2D eigenvalue weighted by molar-refractivity contribution is 5.92. The average molecular weight is 354 g/mol. The first-order chi connectivity index (χ1) is 12.7. The Balaban J connectivity index is 1.86. The summed E-state index contributed by atoms with van der Waals surface area (Å²) in [6.07, 6.45) is 7.46. The summed E-state index contributed by atoms with van der Waals surface area (Å²) in [6.45, 7) is 8.49. The summed E-state index contributed by atoms with van der Waals surface area (Å²) in [5, 5.41) is 7.54. The van der Waals surface area contributed by atoms with Crippen molar-refractivity contribution in [1.29, 1.82) is 0 Å². The van der Waals surface area contributed by atoms with Crippen LogP contribution in [0.3, 0.4) is 0 Å². The molecule has 0 bridgehead atoms. The molecule has 2 heterocycles. The lowest BCUT2D eigenvalue weighted by atomic mass is 9.99. The molecule has 1 aromatic heterocycles. The van der Waals surface area contributed by atoms with E-state index in [0.29, 0.717) is 18.3 Å². The van der Waals surface area contributed by atoms with Crippen molar-refractivity contribution in [2.45, 2.75) is 19.8 Å². The molecule has 0 aliphatic carbocycles. The number of nitrogens with one attached hydrogen (secondary N) is 2. The standard InChI is InChI=1S/C20H26N4O2/c1-4-5-14(2)24-20-16-10-18(25-3)19(11-17(16)22-13-23-20)26-12-15-6-8-21-9-7-15/h4-5,10-11,13,15,21H,1,6-9,12H2,2-3H3,(H,22,23,24)/b14-5+. The van der Waals surface area contributed by atoms with Crippen molar-refractivity contribution >= 4 is 16.7 Å². The van der Waals surface area contributed by atoms with Gasteiger partial charge in [0, 0.05) is 17.1 Å². The molecule has 6 nitrogen and oxygen atoms in total. The van der Waals surface area contributed by atoms with Crippen LogP contribution in [-0.4, -0.2) is 36.8 Å². The molecule has 1 saturated heterocycles. The van der Waals surface area contributed by atoms with Gasteiger partial charge in [0.2, 0.25) is 0 Å². The van der Waals surface area contributed by atoms with Crippen molar-refractivity contribution in [3.05, 3.63) is 42.9 Å². The lowest BCUT2D eigenvalue weighted by Crippen LogP contribution is -2.30. The first-order valence-electron chi connectivity index (χ1n) is 8.94. The van der Waals surface area contributed by atoms with E-state index in [1.165, 1.54) is 0 Å². The van der Waals surface area contributed by atoms with Gasteiger partial charge in [-0.15, -0.1) is 0 Å². The molecule has 0 unspecified atom stereocenters. The smallest absolute Gasteiger partial charge is 0.163 e. The summed E-state index contributed by atoms with van der Waals surface area (Å²) >= 11 is 0. The van der Waals surface area contributed by atoms with E-state index in [2.05, 4.69) is 27.2 Å². The summed E-state index contributed by atoms with van der Waals surface area (Å²) < 4.78 is 11.6. The zero-order valence-corrected chi connectivity index (χ0v) is 15.4. The maximum absolute atomic E-state index is 6.08. The lowest BCUT2D eigenvalue weighted by Gasteiger charge is -2.23. The Morgan fingerprint density at radius 2 is 2.12 bits per heavy atom. The Bertz CT molecular complexity index is 798. The Morgan fingerprint density at radius 1 is 1.31 bits per heavy atom. The van der Waals surface area contributed by atoms with Crippen LogP contribution in [0.4, 0.5) is 5.82 Å². The van der Waals surface area contributed by atoms with Gasteiger partial charge in [-0.2, -0.15) is 0 Å². The molecule has 6 heteroatoms. The van der Waals surface area contributed by atoms with Crippen LogP contribution >= 0.6 is 0 Å². The number of piperidine rings is 1. The van der Waals surface area contributed by atoms with Gasteiger partial charge in [-0.25, -0.2) is 9.97 Å². The maximum Gasteiger partial charge on any atom is 0.163 e. The molecule has 1 fully saturated rings. The average Bonchev–Trinajstić information content (AvgIpc) is 2.67. The molecule has 0 amide bonds. The third kappa shape index (κ3) is 4.32.